The maximum atomic E-state index is 13.6. The van der Waals surface area contributed by atoms with E-state index in [0.717, 1.165) is 7.11 Å². The molecule has 0 aromatic rings. The molecular weight excluding hydrogens is 246 g/mol. The van der Waals surface area contributed by atoms with Crippen LogP contribution in [0, 0.1) is 5.41 Å². The fourth-order valence-electron chi connectivity index (χ4n) is 1.11. The Hall–Kier alpha value is -1.20. The minimum Gasteiger partial charge on any atom is -0.464 e. The van der Waals surface area contributed by atoms with Crippen molar-refractivity contribution in [2.75, 3.05) is 7.11 Å². The van der Waals surface area contributed by atoms with Crippen LogP contribution in [0.4, 0.5) is 8.78 Å². The van der Waals surface area contributed by atoms with Gasteiger partial charge in [-0.15, -0.1) is 0 Å². The second kappa shape index (κ2) is 6.11. The van der Waals surface area contributed by atoms with Gasteiger partial charge < -0.3 is 9.47 Å². The molecule has 106 valence electrons. The van der Waals surface area contributed by atoms with Crippen LogP contribution in [0.25, 0.3) is 0 Å². The molecule has 0 aromatic carbocycles. The lowest BCUT2D eigenvalue weighted by Gasteiger charge is -2.28. The molecule has 1 unspecified atom stereocenters. The third-order valence-corrected chi connectivity index (χ3v) is 2.92. The number of hydrogen-bond acceptors (Lipinski definition) is 4. The summed E-state index contributed by atoms with van der Waals surface area (Å²) in [6.45, 7) is 6.35. The second-order valence-electron chi connectivity index (χ2n) is 4.65. The molecule has 0 rings (SSSR count). The quantitative estimate of drug-likeness (QED) is 0.693. The van der Waals surface area contributed by atoms with Gasteiger partial charge in [-0.05, 0) is 26.7 Å². The molecule has 0 spiro atoms. The highest BCUT2D eigenvalue weighted by Gasteiger charge is 2.51. The number of carbonyl (C=O) groups is 2. The predicted octanol–water partition coefficient (Wildman–Crippen LogP) is 2.55. The van der Waals surface area contributed by atoms with E-state index in [1.807, 2.05) is 0 Å². The highest BCUT2D eigenvalue weighted by molar-refractivity contribution is 5.80. The van der Waals surface area contributed by atoms with Gasteiger partial charge >= 0.3 is 17.9 Å². The summed E-state index contributed by atoms with van der Waals surface area (Å²) < 4.78 is 35.9. The Labute approximate surface area is 106 Å². The number of esters is 2. The standard InChI is InChI=1S/C12H20F2O4/c1-6-8(12(13,14)10(16)17-5)18-9(15)11(3,4)7-2/h8H,6-7H2,1-5H3. The smallest absolute Gasteiger partial charge is 0.380 e. The van der Waals surface area contributed by atoms with E-state index in [-0.39, 0.29) is 6.42 Å². The van der Waals surface area contributed by atoms with Gasteiger partial charge in [0.1, 0.15) is 0 Å². The van der Waals surface area contributed by atoms with Gasteiger partial charge in [-0.3, -0.25) is 4.79 Å². The van der Waals surface area contributed by atoms with E-state index in [1.54, 1.807) is 20.8 Å². The molecule has 0 aliphatic carbocycles. The van der Waals surface area contributed by atoms with E-state index in [0.29, 0.717) is 6.42 Å². The number of methoxy groups -OCH3 is 1. The Morgan fingerprint density at radius 2 is 1.67 bits per heavy atom. The number of ether oxygens (including phenoxy) is 2. The minimum absolute atomic E-state index is 0.173. The van der Waals surface area contributed by atoms with Crippen molar-refractivity contribution >= 4 is 11.9 Å². The van der Waals surface area contributed by atoms with Crippen molar-refractivity contribution in [1.29, 1.82) is 0 Å². The summed E-state index contributed by atoms with van der Waals surface area (Å²) in [7, 11) is 0.862. The van der Waals surface area contributed by atoms with Crippen LogP contribution in [-0.4, -0.2) is 31.1 Å². The van der Waals surface area contributed by atoms with E-state index in [2.05, 4.69) is 4.74 Å². The maximum absolute atomic E-state index is 13.6. The summed E-state index contributed by atoms with van der Waals surface area (Å²) in [5.74, 6) is -6.28. The van der Waals surface area contributed by atoms with Crippen LogP contribution < -0.4 is 0 Å². The van der Waals surface area contributed by atoms with Crippen LogP contribution in [0.5, 0.6) is 0 Å². The fourth-order valence-corrected chi connectivity index (χ4v) is 1.11. The molecule has 0 N–H and O–H groups in total. The molecule has 0 saturated heterocycles. The molecular formula is C12H20F2O4. The Bertz CT molecular complexity index is 313. The number of rotatable bonds is 6. The van der Waals surface area contributed by atoms with Gasteiger partial charge in [-0.1, -0.05) is 13.8 Å². The summed E-state index contributed by atoms with van der Waals surface area (Å²) in [5, 5.41) is 0. The third kappa shape index (κ3) is 3.65. The zero-order valence-electron chi connectivity index (χ0n) is 11.4. The average molecular weight is 266 g/mol. The van der Waals surface area contributed by atoms with Crippen LogP contribution in [-0.2, 0) is 19.1 Å². The first-order chi connectivity index (χ1) is 8.13. The van der Waals surface area contributed by atoms with Gasteiger partial charge in [0.05, 0.1) is 12.5 Å². The number of halogens is 2. The highest BCUT2D eigenvalue weighted by Crippen LogP contribution is 2.29. The molecule has 1 atom stereocenters. The van der Waals surface area contributed by atoms with Crippen molar-refractivity contribution in [3.8, 4) is 0 Å². The van der Waals surface area contributed by atoms with E-state index < -0.39 is 29.4 Å². The van der Waals surface area contributed by atoms with Crippen molar-refractivity contribution in [2.24, 2.45) is 5.41 Å². The van der Waals surface area contributed by atoms with Crippen molar-refractivity contribution in [2.45, 2.75) is 52.6 Å². The maximum Gasteiger partial charge on any atom is 0.380 e. The Balaban J connectivity index is 4.92. The molecule has 0 amide bonds. The molecule has 0 aliphatic heterocycles. The van der Waals surface area contributed by atoms with Gasteiger partial charge in [0.15, 0.2) is 6.10 Å². The highest BCUT2D eigenvalue weighted by atomic mass is 19.3. The second-order valence-corrected chi connectivity index (χ2v) is 4.65. The molecule has 18 heavy (non-hydrogen) atoms. The van der Waals surface area contributed by atoms with E-state index in [4.69, 9.17) is 4.74 Å². The zero-order chi connectivity index (χ0) is 14.6. The topological polar surface area (TPSA) is 52.6 Å². The largest absolute Gasteiger partial charge is 0.464 e. The normalized spacial score (nSPS) is 13.9. The third-order valence-electron chi connectivity index (χ3n) is 2.92. The molecule has 0 aliphatic rings. The Kier molecular flexibility index (Phi) is 5.70. The molecule has 0 radical (unpaired) electrons. The summed E-state index contributed by atoms with van der Waals surface area (Å²) in [5.41, 5.74) is -0.861. The lowest BCUT2D eigenvalue weighted by molar-refractivity contribution is -0.200. The van der Waals surface area contributed by atoms with Crippen LogP contribution in [0.3, 0.4) is 0 Å². The van der Waals surface area contributed by atoms with Gasteiger partial charge in [0, 0.05) is 0 Å². The van der Waals surface area contributed by atoms with Gasteiger partial charge in [-0.25, -0.2) is 4.79 Å². The number of carbonyl (C=O) groups excluding carboxylic acids is 2. The first kappa shape index (κ1) is 16.8. The Morgan fingerprint density at radius 1 is 1.17 bits per heavy atom. The first-order valence-corrected chi connectivity index (χ1v) is 5.80. The molecule has 0 saturated carbocycles. The van der Waals surface area contributed by atoms with Crippen LogP contribution >= 0.6 is 0 Å². The lowest BCUT2D eigenvalue weighted by Crippen LogP contribution is -2.46. The fraction of sp³-hybridized carbons (Fsp3) is 0.833. The summed E-state index contributed by atoms with van der Waals surface area (Å²) in [6.07, 6.45) is -1.53. The number of alkyl halides is 2. The predicted molar refractivity (Wildman–Crippen MR) is 61.2 cm³/mol. The van der Waals surface area contributed by atoms with Crippen molar-refractivity contribution in [3.63, 3.8) is 0 Å². The van der Waals surface area contributed by atoms with Gasteiger partial charge in [-0.2, -0.15) is 8.78 Å². The summed E-state index contributed by atoms with van der Waals surface area (Å²) in [6, 6.07) is 0. The minimum atomic E-state index is -3.83. The van der Waals surface area contributed by atoms with Crippen LogP contribution in [0.2, 0.25) is 0 Å². The van der Waals surface area contributed by atoms with Crippen molar-refractivity contribution in [3.05, 3.63) is 0 Å². The molecule has 4 nitrogen and oxygen atoms in total. The van der Waals surface area contributed by atoms with Gasteiger partial charge in [0.2, 0.25) is 0 Å². The van der Waals surface area contributed by atoms with Crippen molar-refractivity contribution < 1.29 is 27.8 Å². The Morgan fingerprint density at radius 3 is 2.00 bits per heavy atom. The molecule has 0 fully saturated rings. The van der Waals surface area contributed by atoms with E-state index in [1.165, 1.54) is 6.92 Å². The van der Waals surface area contributed by atoms with E-state index >= 15 is 0 Å². The first-order valence-electron chi connectivity index (χ1n) is 5.80. The zero-order valence-corrected chi connectivity index (χ0v) is 11.4. The molecule has 6 heteroatoms. The van der Waals surface area contributed by atoms with Crippen LogP contribution in [0.15, 0.2) is 0 Å². The summed E-state index contributed by atoms with van der Waals surface area (Å²) >= 11 is 0. The van der Waals surface area contributed by atoms with Crippen LogP contribution in [0.1, 0.15) is 40.5 Å². The average Bonchev–Trinajstić information content (AvgIpc) is 2.33. The molecule has 0 bridgehead atoms. The SMILES string of the molecule is CCC(OC(=O)C(C)(C)CC)C(F)(F)C(=O)OC. The molecule has 0 aromatic heterocycles. The molecule has 0 heterocycles. The van der Waals surface area contributed by atoms with E-state index in [9.17, 15) is 18.4 Å². The van der Waals surface area contributed by atoms with Gasteiger partial charge in [0.25, 0.3) is 0 Å². The number of hydrogen-bond donors (Lipinski definition) is 0. The summed E-state index contributed by atoms with van der Waals surface area (Å²) in [4.78, 5) is 22.7. The van der Waals surface area contributed by atoms with Crippen molar-refractivity contribution in [1.82, 2.24) is 0 Å². The monoisotopic (exact) mass is 266 g/mol. The lowest BCUT2D eigenvalue weighted by atomic mass is 9.90.